The number of nitrogen functional groups attached to an aromatic ring is 1. The van der Waals surface area contributed by atoms with Gasteiger partial charge >= 0.3 is 5.69 Å². The zero-order valence-corrected chi connectivity index (χ0v) is 10.8. The third-order valence-electron chi connectivity index (χ3n) is 3.04. The minimum absolute atomic E-state index is 0.0696. The van der Waals surface area contributed by atoms with E-state index in [0.29, 0.717) is 6.61 Å². The molecule has 1 aromatic rings. The maximum absolute atomic E-state index is 11.8. The van der Waals surface area contributed by atoms with E-state index in [0.717, 1.165) is 4.57 Å². The average molecular weight is 287 g/mol. The lowest BCUT2D eigenvalue weighted by molar-refractivity contribution is -0.0551. The van der Waals surface area contributed by atoms with Crippen LogP contribution >= 0.6 is 0 Å². The summed E-state index contributed by atoms with van der Waals surface area (Å²) in [6.45, 7) is 1.57. The van der Waals surface area contributed by atoms with Crippen molar-refractivity contribution in [3.63, 3.8) is 0 Å². The van der Waals surface area contributed by atoms with E-state index in [1.807, 2.05) is 0 Å². The number of aliphatic hydroxyl groups excluding tert-OH is 3. The molecule has 0 unspecified atom stereocenters. The predicted molar refractivity (Wildman–Crippen MR) is 67.1 cm³/mol. The van der Waals surface area contributed by atoms with E-state index in [9.17, 15) is 15.0 Å². The molecule has 0 aromatic carbocycles. The summed E-state index contributed by atoms with van der Waals surface area (Å²) in [5.41, 5.74) is 4.80. The van der Waals surface area contributed by atoms with Gasteiger partial charge < -0.3 is 30.5 Å². The predicted octanol–water partition coefficient (Wildman–Crippen LogP) is -2.16. The van der Waals surface area contributed by atoms with Crippen molar-refractivity contribution in [3.8, 4) is 5.75 Å². The highest BCUT2D eigenvalue weighted by Gasteiger charge is 2.44. The summed E-state index contributed by atoms with van der Waals surface area (Å²) in [7, 11) is 0. The normalized spacial score (nSPS) is 29.6. The van der Waals surface area contributed by atoms with Gasteiger partial charge in [0, 0.05) is 0 Å². The largest absolute Gasteiger partial charge is 0.488 e. The summed E-state index contributed by atoms with van der Waals surface area (Å²) < 4.78 is 11.4. The molecule has 1 saturated heterocycles. The summed E-state index contributed by atoms with van der Waals surface area (Å²) in [5.74, 6) is 0.102. The molecule has 0 spiro atoms. The van der Waals surface area contributed by atoms with Gasteiger partial charge in [-0.1, -0.05) is 0 Å². The van der Waals surface area contributed by atoms with Crippen LogP contribution in [0.4, 0.5) is 5.82 Å². The molecule has 112 valence electrons. The van der Waals surface area contributed by atoms with Crippen LogP contribution in [-0.2, 0) is 4.74 Å². The number of anilines is 1. The lowest BCUT2D eigenvalue weighted by Crippen LogP contribution is -2.36. The van der Waals surface area contributed by atoms with Crippen LogP contribution in [0.2, 0.25) is 0 Å². The second-order valence-corrected chi connectivity index (χ2v) is 4.34. The zero-order chi connectivity index (χ0) is 14.9. The molecule has 0 bridgehead atoms. The van der Waals surface area contributed by atoms with E-state index in [1.165, 1.54) is 6.20 Å². The second-order valence-electron chi connectivity index (χ2n) is 4.34. The number of ether oxygens (including phenoxy) is 2. The fourth-order valence-electron chi connectivity index (χ4n) is 2.02. The summed E-state index contributed by atoms with van der Waals surface area (Å²) in [6.07, 6.45) is -3.55. The summed E-state index contributed by atoms with van der Waals surface area (Å²) in [5, 5.41) is 28.6. The molecule has 1 fully saturated rings. The maximum atomic E-state index is 11.8. The van der Waals surface area contributed by atoms with E-state index in [1.54, 1.807) is 6.92 Å². The van der Waals surface area contributed by atoms with Crippen LogP contribution in [0, 0.1) is 0 Å². The SMILES string of the molecule is CCOc1cn([C@@H]2O[C@H](CO)[C@@H](O)[C@@H]2O)c(=O)nc1N. The first-order valence-electron chi connectivity index (χ1n) is 6.13. The van der Waals surface area contributed by atoms with Gasteiger partial charge in [0.2, 0.25) is 0 Å². The Morgan fingerprint density at radius 1 is 1.50 bits per heavy atom. The Labute approximate surface area is 114 Å². The lowest BCUT2D eigenvalue weighted by Gasteiger charge is -2.18. The molecular formula is C11H17N3O6. The van der Waals surface area contributed by atoms with Crippen molar-refractivity contribution >= 4 is 5.82 Å². The quantitative estimate of drug-likeness (QED) is 0.490. The number of nitrogens with zero attached hydrogens (tertiary/aromatic N) is 2. The summed E-state index contributed by atoms with van der Waals surface area (Å²) >= 11 is 0. The van der Waals surface area contributed by atoms with Crippen molar-refractivity contribution in [1.82, 2.24) is 9.55 Å². The highest BCUT2D eigenvalue weighted by atomic mass is 16.6. The van der Waals surface area contributed by atoms with Gasteiger partial charge in [-0.05, 0) is 6.92 Å². The van der Waals surface area contributed by atoms with Crippen molar-refractivity contribution in [3.05, 3.63) is 16.7 Å². The number of rotatable bonds is 4. The van der Waals surface area contributed by atoms with Crippen LogP contribution in [0.15, 0.2) is 11.0 Å². The number of aromatic nitrogens is 2. The van der Waals surface area contributed by atoms with Gasteiger partial charge in [0.25, 0.3) is 0 Å². The molecule has 5 N–H and O–H groups in total. The molecule has 0 aliphatic carbocycles. The Morgan fingerprint density at radius 2 is 2.20 bits per heavy atom. The summed E-state index contributed by atoms with van der Waals surface area (Å²) in [6, 6.07) is 0. The van der Waals surface area contributed by atoms with Crippen molar-refractivity contribution in [2.45, 2.75) is 31.5 Å². The first-order chi connectivity index (χ1) is 9.49. The minimum atomic E-state index is -1.37. The fourth-order valence-corrected chi connectivity index (χ4v) is 2.02. The number of nitrogens with two attached hydrogens (primary N) is 1. The van der Waals surface area contributed by atoms with Gasteiger partial charge in [0.1, 0.15) is 18.3 Å². The second kappa shape index (κ2) is 5.75. The van der Waals surface area contributed by atoms with E-state index >= 15 is 0 Å². The van der Waals surface area contributed by atoms with Gasteiger partial charge in [0.05, 0.1) is 19.4 Å². The molecule has 9 heteroatoms. The van der Waals surface area contributed by atoms with Gasteiger partial charge in [-0.25, -0.2) is 4.79 Å². The molecule has 1 aromatic heterocycles. The molecule has 1 aliphatic heterocycles. The topological polar surface area (TPSA) is 140 Å². The van der Waals surface area contributed by atoms with Crippen LogP contribution in [-0.4, -0.2) is 56.4 Å². The zero-order valence-electron chi connectivity index (χ0n) is 10.8. The first-order valence-corrected chi connectivity index (χ1v) is 6.13. The van der Waals surface area contributed by atoms with Crippen LogP contribution in [0.3, 0.4) is 0 Å². The maximum Gasteiger partial charge on any atom is 0.351 e. The molecule has 2 heterocycles. The van der Waals surface area contributed by atoms with Gasteiger partial charge in [-0.3, -0.25) is 4.57 Å². The highest BCUT2D eigenvalue weighted by molar-refractivity contribution is 5.43. The van der Waals surface area contributed by atoms with Crippen molar-refractivity contribution in [2.75, 3.05) is 18.9 Å². The minimum Gasteiger partial charge on any atom is -0.488 e. The van der Waals surface area contributed by atoms with Gasteiger partial charge in [0.15, 0.2) is 17.8 Å². The molecular weight excluding hydrogens is 270 g/mol. The van der Waals surface area contributed by atoms with Crippen LogP contribution in [0.5, 0.6) is 5.75 Å². The molecule has 4 atom stereocenters. The number of hydrogen-bond acceptors (Lipinski definition) is 8. The lowest BCUT2D eigenvalue weighted by atomic mass is 10.1. The fraction of sp³-hybridized carbons (Fsp3) is 0.636. The molecule has 0 radical (unpaired) electrons. The smallest absolute Gasteiger partial charge is 0.351 e. The first kappa shape index (κ1) is 14.7. The third kappa shape index (κ3) is 2.48. The molecule has 20 heavy (non-hydrogen) atoms. The molecule has 2 rings (SSSR count). The molecule has 1 aliphatic rings. The Kier molecular flexibility index (Phi) is 4.23. The highest BCUT2D eigenvalue weighted by Crippen LogP contribution is 2.29. The van der Waals surface area contributed by atoms with E-state index < -0.39 is 36.8 Å². The molecule has 9 nitrogen and oxygen atoms in total. The van der Waals surface area contributed by atoms with Crippen molar-refractivity contribution in [2.24, 2.45) is 0 Å². The monoisotopic (exact) mass is 287 g/mol. The van der Waals surface area contributed by atoms with E-state index in [4.69, 9.17) is 20.3 Å². The molecule has 0 amide bonds. The van der Waals surface area contributed by atoms with Crippen molar-refractivity contribution in [1.29, 1.82) is 0 Å². The van der Waals surface area contributed by atoms with Crippen LogP contribution in [0.1, 0.15) is 13.2 Å². The number of aliphatic hydroxyl groups is 3. The van der Waals surface area contributed by atoms with Crippen molar-refractivity contribution < 1.29 is 24.8 Å². The van der Waals surface area contributed by atoms with Crippen LogP contribution in [0.25, 0.3) is 0 Å². The van der Waals surface area contributed by atoms with E-state index in [-0.39, 0.29) is 11.6 Å². The van der Waals surface area contributed by atoms with Gasteiger partial charge in [-0.15, -0.1) is 0 Å². The molecule has 0 saturated carbocycles. The van der Waals surface area contributed by atoms with Crippen LogP contribution < -0.4 is 16.2 Å². The Bertz CT molecular complexity index is 533. The van der Waals surface area contributed by atoms with Gasteiger partial charge in [-0.2, -0.15) is 4.98 Å². The average Bonchev–Trinajstić information content (AvgIpc) is 2.70. The Morgan fingerprint density at radius 3 is 2.75 bits per heavy atom. The third-order valence-corrected chi connectivity index (χ3v) is 3.04. The summed E-state index contributed by atoms with van der Waals surface area (Å²) in [4.78, 5) is 15.4. The number of hydrogen-bond donors (Lipinski definition) is 4. The standard InChI is InChI=1S/C11H17N3O6/c1-2-19-5-3-14(11(18)13-9(5)12)10-8(17)7(16)6(4-15)20-10/h3,6-8,10,15-17H,2,4H2,1H3,(H2,12,13,18)/t6-,7-,8+,10-/m1/s1. The van der Waals surface area contributed by atoms with E-state index in [2.05, 4.69) is 4.98 Å². The Hall–Kier alpha value is -1.68. The Balaban J connectivity index is 2.38.